The third-order valence-corrected chi connectivity index (χ3v) is 4.22. The molecule has 2 heterocycles. The number of rotatable bonds is 3. The zero-order chi connectivity index (χ0) is 12.4. The van der Waals surface area contributed by atoms with Crippen molar-refractivity contribution >= 4 is 18.0 Å². The molecule has 2 aliphatic rings. The highest BCUT2D eigenvalue weighted by atomic mass is 16.4. The summed E-state index contributed by atoms with van der Waals surface area (Å²) in [5.41, 5.74) is 4.08. The Morgan fingerprint density at radius 1 is 1.50 bits per heavy atom. The topological polar surface area (TPSA) is 21.6 Å². The first kappa shape index (κ1) is 11.9. The number of hydrogen-bond donors (Lipinski definition) is 0. The van der Waals surface area contributed by atoms with Crippen LogP contribution in [0.4, 0.5) is 0 Å². The quantitative estimate of drug-likeness (QED) is 0.453. The van der Waals surface area contributed by atoms with Crippen molar-refractivity contribution in [3.63, 3.8) is 0 Å². The first-order chi connectivity index (χ1) is 8.86. The van der Waals surface area contributed by atoms with Gasteiger partial charge in [0.25, 0.3) is 0 Å². The van der Waals surface area contributed by atoms with Crippen molar-refractivity contribution in [3.05, 3.63) is 35.6 Å². The van der Waals surface area contributed by atoms with Crippen LogP contribution in [0.5, 0.6) is 0 Å². The molecule has 0 bridgehead atoms. The minimum absolute atomic E-state index is 0.779. The first-order valence-corrected chi connectivity index (χ1v) is 7.13. The molecule has 2 aliphatic heterocycles. The second kappa shape index (κ2) is 4.81. The van der Waals surface area contributed by atoms with E-state index in [-0.39, 0.29) is 0 Å². The number of aliphatic imine (C=N–C) groups is 1. The molecule has 1 aromatic carbocycles. The fourth-order valence-electron chi connectivity index (χ4n) is 3.42. The summed E-state index contributed by atoms with van der Waals surface area (Å²) >= 11 is 0. The van der Waals surface area contributed by atoms with Crippen molar-refractivity contribution in [2.24, 2.45) is 4.99 Å². The van der Waals surface area contributed by atoms with Crippen LogP contribution in [-0.2, 0) is 11.3 Å². The Kier molecular flexibility index (Phi) is 3.17. The highest BCUT2D eigenvalue weighted by Gasteiger charge is 2.47. The van der Waals surface area contributed by atoms with Crippen LogP contribution in [0, 0.1) is 6.32 Å². The number of fused-ring (bicyclic) bond motifs is 2. The van der Waals surface area contributed by atoms with E-state index in [9.17, 15) is 0 Å². The summed E-state index contributed by atoms with van der Waals surface area (Å²) in [5.74, 6) is 0. The molecule has 0 radical (unpaired) electrons. The van der Waals surface area contributed by atoms with Crippen LogP contribution < -0.4 is 5.46 Å². The van der Waals surface area contributed by atoms with Gasteiger partial charge in [-0.15, -0.1) is 5.46 Å². The largest absolute Gasteiger partial charge is 0.544 e. The number of benzene rings is 1. The Hall–Kier alpha value is -1.22. The van der Waals surface area contributed by atoms with Gasteiger partial charge in [-0.05, 0) is 18.4 Å². The molecule has 1 atom stereocenters. The van der Waals surface area contributed by atoms with E-state index < -0.39 is 6.35 Å². The Labute approximate surface area is 109 Å². The van der Waals surface area contributed by atoms with Crippen molar-refractivity contribution in [1.82, 2.24) is 0 Å². The zero-order valence-corrected chi connectivity index (χ0v) is 11.1. The fraction of sp³-hybridized carbons (Fsp3) is 0.467. The summed E-state index contributed by atoms with van der Waals surface area (Å²) in [6.45, 7) is 3.85. The smallest absolute Gasteiger partial charge is 0.345 e. The van der Waals surface area contributed by atoms with Crippen molar-refractivity contribution in [2.45, 2.75) is 39.1 Å². The second-order valence-electron chi connectivity index (χ2n) is 5.46. The van der Waals surface area contributed by atoms with Crippen LogP contribution in [0.15, 0.2) is 23.2 Å². The molecule has 0 amide bonds. The third-order valence-electron chi connectivity index (χ3n) is 4.22. The van der Waals surface area contributed by atoms with Crippen molar-refractivity contribution in [3.8, 4) is 0 Å². The standard InChI is InChI=1S/C15H20BNO/c1-2-10-17-11-13-6-5-7-14-12-18-16(15(13)14)8-3-4-9-16/h5-8,11H,2-4,9-10,12H2,1H3. The van der Waals surface area contributed by atoms with Gasteiger partial charge in [0, 0.05) is 25.8 Å². The summed E-state index contributed by atoms with van der Waals surface area (Å²) in [7, 11) is 0. The molecule has 3 rings (SSSR count). The maximum Gasteiger partial charge on any atom is 0.345 e. The lowest BCUT2D eigenvalue weighted by atomic mass is 9.34. The molecule has 94 valence electrons. The lowest BCUT2D eigenvalue weighted by molar-refractivity contribution is 0.319. The van der Waals surface area contributed by atoms with Gasteiger partial charge in [-0.1, -0.05) is 43.3 Å². The van der Waals surface area contributed by atoms with Gasteiger partial charge < -0.3 is 4.65 Å². The van der Waals surface area contributed by atoms with E-state index in [0.29, 0.717) is 0 Å². The number of nitrogens with zero attached hydrogens (tertiary/aromatic N) is 1. The van der Waals surface area contributed by atoms with Crippen LogP contribution in [0.3, 0.4) is 0 Å². The predicted molar refractivity (Wildman–Crippen MR) is 77.7 cm³/mol. The van der Waals surface area contributed by atoms with Gasteiger partial charge >= 0.3 is 6.35 Å². The molecule has 1 spiro atoms. The Morgan fingerprint density at radius 3 is 3.22 bits per heavy atom. The van der Waals surface area contributed by atoms with Gasteiger partial charge in [-0.25, -0.2) is 0 Å². The van der Waals surface area contributed by atoms with E-state index >= 15 is 0 Å². The van der Waals surface area contributed by atoms with Crippen LogP contribution >= 0.6 is 0 Å². The Bertz CT molecular complexity index is 464. The normalized spacial score (nSPS) is 25.8. The molecular weight excluding hydrogens is 221 g/mol. The molecule has 1 fully saturated rings. The SMILES string of the molecule is CCCN=Cc1cccc2c1[B-]1([CH+]CCC1)OC2. The van der Waals surface area contributed by atoms with Crippen molar-refractivity contribution in [1.29, 1.82) is 0 Å². The molecule has 0 aliphatic carbocycles. The molecule has 3 heteroatoms. The van der Waals surface area contributed by atoms with E-state index in [1.165, 1.54) is 35.8 Å². The molecule has 1 saturated heterocycles. The van der Waals surface area contributed by atoms with Gasteiger partial charge in [-0.3, -0.25) is 4.99 Å². The van der Waals surface area contributed by atoms with E-state index in [1.54, 1.807) is 0 Å². The Morgan fingerprint density at radius 2 is 2.44 bits per heavy atom. The molecule has 18 heavy (non-hydrogen) atoms. The average molecular weight is 241 g/mol. The molecule has 0 aromatic heterocycles. The fourth-order valence-corrected chi connectivity index (χ4v) is 3.42. The minimum atomic E-state index is -0.829. The summed E-state index contributed by atoms with van der Waals surface area (Å²) < 4.78 is 6.16. The van der Waals surface area contributed by atoms with Crippen molar-refractivity contribution in [2.75, 3.05) is 6.54 Å². The van der Waals surface area contributed by atoms with Crippen molar-refractivity contribution < 1.29 is 4.65 Å². The second-order valence-corrected chi connectivity index (χ2v) is 5.46. The highest BCUT2D eigenvalue weighted by Crippen LogP contribution is 2.34. The molecule has 1 unspecified atom stereocenters. The van der Waals surface area contributed by atoms with Gasteiger partial charge in [0.1, 0.15) is 0 Å². The third kappa shape index (κ3) is 1.87. The molecule has 1 aromatic rings. The van der Waals surface area contributed by atoms with Gasteiger partial charge in [0.05, 0.1) is 0 Å². The molecule has 2 nitrogen and oxygen atoms in total. The lowest BCUT2D eigenvalue weighted by Gasteiger charge is -2.23. The minimum Gasteiger partial charge on any atom is -0.544 e. The number of hydrogen-bond acceptors (Lipinski definition) is 2. The van der Waals surface area contributed by atoms with E-state index in [1.807, 2.05) is 6.21 Å². The summed E-state index contributed by atoms with van der Waals surface area (Å²) in [4.78, 5) is 4.51. The van der Waals surface area contributed by atoms with E-state index in [0.717, 1.165) is 19.6 Å². The Balaban J connectivity index is 1.99. The first-order valence-electron chi connectivity index (χ1n) is 7.13. The van der Waals surface area contributed by atoms with Crippen LogP contribution in [-0.4, -0.2) is 19.1 Å². The summed E-state index contributed by atoms with van der Waals surface area (Å²) in [6, 6.07) is 6.51. The van der Waals surface area contributed by atoms with Crippen LogP contribution in [0.2, 0.25) is 6.32 Å². The summed E-state index contributed by atoms with van der Waals surface area (Å²) in [6.07, 6.45) is 8.39. The highest BCUT2D eigenvalue weighted by molar-refractivity contribution is 6.91. The lowest BCUT2D eigenvalue weighted by Crippen LogP contribution is -2.46. The van der Waals surface area contributed by atoms with Crippen LogP contribution in [0.1, 0.15) is 37.3 Å². The molecular formula is C15H20BNO. The van der Waals surface area contributed by atoms with Gasteiger partial charge in [-0.2, -0.15) is 0 Å². The molecule has 0 saturated carbocycles. The van der Waals surface area contributed by atoms with Crippen LogP contribution in [0.25, 0.3) is 0 Å². The predicted octanol–water partition coefficient (Wildman–Crippen LogP) is 2.74. The van der Waals surface area contributed by atoms with Gasteiger partial charge in [0.2, 0.25) is 0 Å². The monoisotopic (exact) mass is 241 g/mol. The maximum absolute atomic E-state index is 6.16. The van der Waals surface area contributed by atoms with E-state index in [4.69, 9.17) is 4.65 Å². The van der Waals surface area contributed by atoms with E-state index in [2.05, 4.69) is 36.4 Å². The van der Waals surface area contributed by atoms with Gasteiger partial charge in [0.15, 0.2) is 0 Å². The average Bonchev–Trinajstić information content (AvgIpc) is 3.00. The summed E-state index contributed by atoms with van der Waals surface area (Å²) in [5, 5.41) is 0. The molecule has 0 N–H and O–H groups in total. The maximum atomic E-state index is 6.16. The zero-order valence-electron chi connectivity index (χ0n) is 11.1.